The van der Waals surface area contributed by atoms with Crippen molar-refractivity contribution in [3.8, 4) is 0 Å². The van der Waals surface area contributed by atoms with Crippen LogP contribution < -0.4 is 5.32 Å². The Morgan fingerprint density at radius 1 is 1.15 bits per heavy atom. The van der Waals surface area contributed by atoms with Gasteiger partial charge < -0.3 is 14.5 Å². The number of hydrogen-bond acceptors (Lipinski definition) is 5. The van der Waals surface area contributed by atoms with Crippen LogP contribution in [0.2, 0.25) is 0 Å². The molecule has 0 spiro atoms. The van der Waals surface area contributed by atoms with E-state index >= 15 is 0 Å². The van der Waals surface area contributed by atoms with Gasteiger partial charge in [-0.2, -0.15) is 8.78 Å². The van der Waals surface area contributed by atoms with Gasteiger partial charge in [-0.05, 0) is 37.3 Å². The maximum atomic E-state index is 12.3. The van der Waals surface area contributed by atoms with E-state index in [1.165, 1.54) is 24.3 Å². The molecule has 1 N–H and O–H groups in total. The Labute approximate surface area is 157 Å². The summed E-state index contributed by atoms with van der Waals surface area (Å²) in [6.07, 6.45) is 0. The van der Waals surface area contributed by atoms with Crippen LogP contribution in [0.15, 0.2) is 57.8 Å². The molecule has 2 aromatic carbocycles. The maximum absolute atomic E-state index is 12.3. The second-order valence-corrected chi connectivity index (χ2v) is 6.64. The van der Waals surface area contributed by atoms with Gasteiger partial charge in [0.25, 0.3) is 11.7 Å². The fraction of sp³-hybridized carbons (Fsp3) is 0.158. The lowest BCUT2D eigenvalue weighted by atomic mass is 10.1. The van der Waals surface area contributed by atoms with Crippen molar-refractivity contribution in [2.75, 3.05) is 11.9 Å². The first-order valence-corrected chi connectivity index (χ1v) is 8.82. The van der Waals surface area contributed by atoms with Crippen LogP contribution in [-0.2, 0) is 9.53 Å². The first-order valence-electron chi connectivity index (χ1n) is 7.94. The molecule has 0 bridgehead atoms. The molecule has 0 fully saturated rings. The van der Waals surface area contributed by atoms with Gasteiger partial charge in [-0.3, -0.25) is 4.79 Å². The van der Waals surface area contributed by atoms with Crippen LogP contribution >= 0.6 is 11.8 Å². The molecule has 0 atom stereocenters. The smallest absolute Gasteiger partial charge is 0.375 e. The van der Waals surface area contributed by atoms with Crippen LogP contribution in [0.1, 0.15) is 16.1 Å². The highest BCUT2D eigenvalue weighted by molar-refractivity contribution is 7.99. The third kappa shape index (κ3) is 4.65. The number of ether oxygens (including phenoxy) is 1. The molecule has 0 saturated heterocycles. The van der Waals surface area contributed by atoms with E-state index in [1.54, 1.807) is 19.1 Å². The predicted molar refractivity (Wildman–Crippen MR) is 98.2 cm³/mol. The monoisotopic (exact) mass is 391 g/mol. The molecule has 3 aromatic rings. The largest absolute Gasteiger partial charge is 0.450 e. The highest BCUT2D eigenvalue weighted by Crippen LogP contribution is 2.27. The number of rotatable bonds is 6. The summed E-state index contributed by atoms with van der Waals surface area (Å²) in [5.41, 5.74) is 1.62. The number of nitrogens with one attached hydrogen (secondary N) is 1. The molecule has 1 amide bonds. The fourth-order valence-electron chi connectivity index (χ4n) is 2.48. The number of carbonyl (C=O) groups is 2. The summed E-state index contributed by atoms with van der Waals surface area (Å²) < 4.78 is 35.0. The Bertz CT molecular complexity index is 970. The van der Waals surface area contributed by atoms with Crippen molar-refractivity contribution in [2.45, 2.75) is 17.6 Å². The van der Waals surface area contributed by atoms with Gasteiger partial charge in [0.05, 0.1) is 0 Å². The van der Waals surface area contributed by atoms with Crippen LogP contribution in [0.25, 0.3) is 11.0 Å². The van der Waals surface area contributed by atoms with E-state index in [1.807, 2.05) is 12.1 Å². The minimum Gasteiger partial charge on any atom is -0.450 e. The predicted octanol–water partition coefficient (Wildman–Crippen LogP) is 4.85. The first-order chi connectivity index (χ1) is 12.9. The van der Waals surface area contributed by atoms with Crippen LogP contribution in [0, 0.1) is 6.92 Å². The number of halogens is 2. The number of para-hydroxylation sites is 1. The molecule has 5 nitrogen and oxygen atoms in total. The SMILES string of the molecule is Cc1c(C(=O)OCC(=O)Nc2ccc(SC(F)F)cc2)oc2ccccc12. The Morgan fingerprint density at radius 2 is 1.85 bits per heavy atom. The zero-order valence-electron chi connectivity index (χ0n) is 14.2. The first kappa shape index (κ1) is 18.9. The molecular formula is C19H15F2NO4S. The van der Waals surface area contributed by atoms with Crippen molar-refractivity contribution < 1.29 is 27.5 Å². The number of furan rings is 1. The molecule has 8 heteroatoms. The Balaban J connectivity index is 1.56. The van der Waals surface area contributed by atoms with Gasteiger partial charge >= 0.3 is 5.97 Å². The van der Waals surface area contributed by atoms with Crippen molar-refractivity contribution >= 4 is 40.3 Å². The summed E-state index contributed by atoms with van der Waals surface area (Å²) in [6, 6.07) is 13.1. The highest BCUT2D eigenvalue weighted by atomic mass is 32.2. The van der Waals surface area contributed by atoms with Crippen LogP contribution in [0.5, 0.6) is 0 Å². The summed E-state index contributed by atoms with van der Waals surface area (Å²) in [7, 11) is 0. The number of hydrogen-bond donors (Lipinski definition) is 1. The van der Waals surface area contributed by atoms with Crippen molar-refractivity contribution in [2.24, 2.45) is 0 Å². The van der Waals surface area contributed by atoms with Gasteiger partial charge in [-0.1, -0.05) is 30.0 Å². The third-order valence-corrected chi connectivity index (χ3v) is 4.45. The lowest BCUT2D eigenvalue weighted by Gasteiger charge is -2.07. The third-order valence-electron chi connectivity index (χ3n) is 3.73. The molecule has 0 saturated carbocycles. The number of thioether (sulfide) groups is 1. The van der Waals surface area contributed by atoms with E-state index in [2.05, 4.69) is 5.32 Å². The average Bonchev–Trinajstić information content (AvgIpc) is 2.98. The van der Waals surface area contributed by atoms with Gasteiger partial charge in [0.15, 0.2) is 6.61 Å². The normalized spacial score (nSPS) is 11.0. The number of carbonyl (C=O) groups excluding carboxylic acids is 2. The molecule has 0 aliphatic carbocycles. The Hall–Kier alpha value is -2.87. The molecule has 0 unspecified atom stereocenters. The lowest BCUT2D eigenvalue weighted by Crippen LogP contribution is -2.21. The van der Waals surface area contributed by atoms with E-state index in [0.29, 0.717) is 33.5 Å². The van der Waals surface area contributed by atoms with E-state index in [-0.39, 0.29) is 5.76 Å². The number of esters is 1. The van der Waals surface area contributed by atoms with Gasteiger partial charge in [0.1, 0.15) is 5.58 Å². The minimum absolute atomic E-state index is 0.0531. The second-order valence-electron chi connectivity index (χ2n) is 5.58. The molecule has 27 heavy (non-hydrogen) atoms. The molecule has 140 valence electrons. The van der Waals surface area contributed by atoms with Gasteiger partial charge in [-0.15, -0.1) is 0 Å². The Morgan fingerprint density at radius 3 is 2.52 bits per heavy atom. The number of aryl methyl sites for hydroxylation is 1. The van der Waals surface area contributed by atoms with Gasteiger partial charge in [0.2, 0.25) is 5.76 Å². The average molecular weight is 391 g/mol. The number of benzene rings is 2. The number of fused-ring (bicyclic) bond motifs is 1. The van der Waals surface area contributed by atoms with E-state index in [4.69, 9.17) is 9.15 Å². The number of amides is 1. The summed E-state index contributed by atoms with van der Waals surface area (Å²) in [5, 5.41) is 3.33. The van der Waals surface area contributed by atoms with E-state index < -0.39 is 24.2 Å². The van der Waals surface area contributed by atoms with Crippen molar-refractivity contribution in [3.63, 3.8) is 0 Å². The topological polar surface area (TPSA) is 68.5 Å². The Kier molecular flexibility index (Phi) is 5.75. The fourth-order valence-corrected chi connectivity index (χ4v) is 2.98. The molecule has 1 heterocycles. The van der Waals surface area contributed by atoms with Crippen LogP contribution in [0.3, 0.4) is 0 Å². The van der Waals surface area contributed by atoms with Gasteiger partial charge in [-0.25, -0.2) is 4.79 Å². The van der Waals surface area contributed by atoms with Crippen LogP contribution in [-0.4, -0.2) is 24.2 Å². The van der Waals surface area contributed by atoms with Crippen molar-refractivity contribution in [3.05, 3.63) is 59.9 Å². The van der Waals surface area contributed by atoms with E-state index in [9.17, 15) is 18.4 Å². The molecule has 0 aliphatic rings. The molecule has 0 aliphatic heterocycles. The molecular weight excluding hydrogens is 376 g/mol. The number of anilines is 1. The van der Waals surface area contributed by atoms with Crippen molar-refractivity contribution in [1.82, 2.24) is 0 Å². The second kappa shape index (κ2) is 8.22. The standard InChI is InChI=1S/C19H15F2NO4S/c1-11-14-4-2-3-5-15(14)26-17(11)18(24)25-10-16(23)22-12-6-8-13(9-7-12)27-19(20)21/h2-9,19H,10H2,1H3,(H,22,23). The summed E-state index contributed by atoms with van der Waals surface area (Å²) >= 11 is 0.415. The molecule has 0 radical (unpaired) electrons. The number of alkyl halides is 2. The quantitative estimate of drug-likeness (QED) is 0.480. The van der Waals surface area contributed by atoms with Crippen LogP contribution in [0.4, 0.5) is 14.5 Å². The zero-order valence-corrected chi connectivity index (χ0v) is 15.0. The molecule has 1 aromatic heterocycles. The van der Waals surface area contributed by atoms with Gasteiger partial charge in [0, 0.05) is 21.5 Å². The summed E-state index contributed by atoms with van der Waals surface area (Å²) in [5.74, 6) is -3.74. The highest BCUT2D eigenvalue weighted by Gasteiger charge is 2.19. The van der Waals surface area contributed by atoms with E-state index in [0.717, 1.165) is 5.39 Å². The summed E-state index contributed by atoms with van der Waals surface area (Å²) in [4.78, 5) is 24.5. The maximum Gasteiger partial charge on any atom is 0.375 e. The lowest BCUT2D eigenvalue weighted by molar-refractivity contribution is -0.119. The zero-order chi connectivity index (χ0) is 19.4. The summed E-state index contributed by atoms with van der Waals surface area (Å²) in [6.45, 7) is 1.24. The molecule has 3 rings (SSSR count). The minimum atomic E-state index is -2.51. The van der Waals surface area contributed by atoms with Crippen molar-refractivity contribution in [1.29, 1.82) is 0 Å².